The van der Waals surface area contributed by atoms with Gasteiger partial charge in [-0.15, -0.1) is 0 Å². The van der Waals surface area contributed by atoms with Crippen LogP contribution in [-0.4, -0.2) is 32.0 Å². The molecule has 1 saturated carbocycles. The van der Waals surface area contributed by atoms with Gasteiger partial charge < -0.3 is 20.1 Å². The number of nitrogens with zero attached hydrogens (tertiary/aromatic N) is 3. The number of aryl methyl sites for hydroxylation is 1. The average molecular weight is 520 g/mol. The smallest absolute Gasteiger partial charge is 0.226 e. The second kappa shape index (κ2) is 11.0. The van der Waals surface area contributed by atoms with Gasteiger partial charge in [-0.05, 0) is 86.9 Å². The van der Waals surface area contributed by atoms with Gasteiger partial charge in [-0.2, -0.15) is 0 Å². The molecule has 3 heterocycles. The maximum Gasteiger partial charge on any atom is 0.226 e. The molecule has 3 aromatic rings. The van der Waals surface area contributed by atoms with Crippen molar-refractivity contribution in [3.63, 3.8) is 0 Å². The van der Waals surface area contributed by atoms with E-state index in [1.807, 2.05) is 18.2 Å². The van der Waals surface area contributed by atoms with Crippen molar-refractivity contribution in [1.82, 2.24) is 19.8 Å². The number of hydrogen-bond acceptors (Lipinski definition) is 3. The van der Waals surface area contributed by atoms with E-state index < -0.39 is 0 Å². The number of halogens is 1. The standard InChI is InChI=1S/C29H34FN5OS/c1-19-18-24(20(2)35(19)23-8-4-3-5-9-23)28-27(25-10-6-7-16-31-25)33-29(37)34(28)17-15-26(36)32-22-13-11-21(30)12-14-22/h6-7,10-14,16,18,23,27-28H,3-5,8-9,15,17H2,1-2H3,(H,32,36)(H,33,37)/t27-,28+/m1/s1. The van der Waals surface area contributed by atoms with E-state index in [-0.39, 0.29) is 30.2 Å². The maximum absolute atomic E-state index is 13.2. The highest BCUT2D eigenvalue weighted by Crippen LogP contribution is 2.42. The predicted octanol–water partition coefficient (Wildman–Crippen LogP) is 6.15. The van der Waals surface area contributed by atoms with Gasteiger partial charge in [0.15, 0.2) is 5.11 Å². The fraction of sp³-hybridized carbons (Fsp3) is 0.414. The first-order valence-electron chi connectivity index (χ1n) is 13.1. The zero-order valence-corrected chi connectivity index (χ0v) is 22.2. The molecule has 1 aliphatic heterocycles. The molecule has 1 aliphatic carbocycles. The van der Waals surface area contributed by atoms with Crippen molar-refractivity contribution in [3.05, 3.63) is 83.2 Å². The van der Waals surface area contributed by atoms with E-state index in [1.54, 1.807) is 18.3 Å². The van der Waals surface area contributed by atoms with Gasteiger partial charge in [0, 0.05) is 42.3 Å². The van der Waals surface area contributed by atoms with Crippen molar-refractivity contribution in [3.8, 4) is 0 Å². The lowest BCUT2D eigenvalue weighted by Crippen LogP contribution is -2.33. The molecule has 0 unspecified atom stereocenters. The number of nitrogens with one attached hydrogen (secondary N) is 2. The van der Waals surface area contributed by atoms with Crippen LogP contribution in [0.25, 0.3) is 0 Å². The molecular weight excluding hydrogens is 485 g/mol. The third kappa shape index (κ3) is 5.39. The fourth-order valence-electron chi connectivity index (χ4n) is 5.97. The van der Waals surface area contributed by atoms with E-state index in [9.17, 15) is 9.18 Å². The van der Waals surface area contributed by atoms with Crippen LogP contribution < -0.4 is 10.6 Å². The molecule has 2 N–H and O–H groups in total. The Kier molecular flexibility index (Phi) is 7.55. The van der Waals surface area contributed by atoms with Gasteiger partial charge in [-0.3, -0.25) is 9.78 Å². The fourth-order valence-corrected chi connectivity index (χ4v) is 6.30. The molecule has 8 heteroatoms. The van der Waals surface area contributed by atoms with Crippen molar-refractivity contribution in [2.24, 2.45) is 0 Å². The molecule has 6 nitrogen and oxygen atoms in total. The summed E-state index contributed by atoms with van der Waals surface area (Å²) < 4.78 is 15.8. The Bertz CT molecular complexity index is 1250. The summed E-state index contributed by atoms with van der Waals surface area (Å²) in [6.07, 6.45) is 8.37. The minimum absolute atomic E-state index is 0.0791. The molecule has 1 amide bonds. The molecule has 37 heavy (non-hydrogen) atoms. The van der Waals surface area contributed by atoms with Crippen LogP contribution in [0.3, 0.4) is 0 Å². The molecule has 194 valence electrons. The highest BCUT2D eigenvalue weighted by molar-refractivity contribution is 7.80. The highest BCUT2D eigenvalue weighted by atomic mass is 32.1. The molecule has 2 aliphatic rings. The van der Waals surface area contributed by atoms with Gasteiger partial charge in [0.05, 0.1) is 17.8 Å². The Hall–Kier alpha value is -3.26. The molecule has 0 bridgehead atoms. The number of carbonyl (C=O) groups excluding carboxylic acids is 1. The van der Waals surface area contributed by atoms with E-state index in [1.165, 1.54) is 61.2 Å². The molecule has 0 radical (unpaired) electrons. The number of hydrogen-bond donors (Lipinski definition) is 2. The summed E-state index contributed by atoms with van der Waals surface area (Å²) >= 11 is 5.81. The minimum atomic E-state index is -0.333. The number of aromatic nitrogens is 2. The van der Waals surface area contributed by atoms with Crippen molar-refractivity contribution in [2.45, 2.75) is 70.5 Å². The minimum Gasteiger partial charge on any atom is -0.352 e. The Morgan fingerprint density at radius 2 is 1.89 bits per heavy atom. The van der Waals surface area contributed by atoms with Crippen LogP contribution in [0.1, 0.15) is 79.3 Å². The number of rotatable bonds is 7. The van der Waals surface area contributed by atoms with E-state index >= 15 is 0 Å². The monoisotopic (exact) mass is 519 g/mol. The number of carbonyl (C=O) groups is 1. The summed E-state index contributed by atoms with van der Waals surface area (Å²) in [5.41, 5.74) is 5.27. The summed E-state index contributed by atoms with van der Waals surface area (Å²) in [5.74, 6) is -0.470. The van der Waals surface area contributed by atoms with Gasteiger partial charge in [-0.25, -0.2) is 4.39 Å². The number of thiocarbonyl (C=S) groups is 1. The van der Waals surface area contributed by atoms with Gasteiger partial charge >= 0.3 is 0 Å². The van der Waals surface area contributed by atoms with Crippen molar-refractivity contribution in [2.75, 3.05) is 11.9 Å². The SMILES string of the molecule is Cc1cc([C@H]2[C@@H](c3ccccn3)NC(=S)N2CCC(=O)Nc2ccc(F)cc2)c(C)n1C1CCCCC1. The molecule has 1 saturated heterocycles. The Balaban J connectivity index is 1.42. The number of benzene rings is 1. The topological polar surface area (TPSA) is 62.2 Å². The Morgan fingerprint density at radius 3 is 2.59 bits per heavy atom. The van der Waals surface area contributed by atoms with Crippen molar-refractivity contribution >= 4 is 28.9 Å². The van der Waals surface area contributed by atoms with Crippen LogP contribution >= 0.6 is 12.2 Å². The van der Waals surface area contributed by atoms with Crippen LogP contribution in [0.15, 0.2) is 54.7 Å². The third-order valence-corrected chi connectivity index (χ3v) is 8.04. The molecule has 2 fully saturated rings. The van der Waals surface area contributed by atoms with Crippen LogP contribution in [0.2, 0.25) is 0 Å². The zero-order chi connectivity index (χ0) is 25.9. The van der Waals surface area contributed by atoms with Gasteiger partial charge in [0.1, 0.15) is 5.82 Å². The zero-order valence-electron chi connectivity index (χ0n) is 21.4. The summed E-state index contributed by atoms with van der Waals surface area (Å²) in [6, 6.07) is 14.4. The lowest BCUT2D eigenvalue weighted by molar-refractivity contribution is -0.116. The van der Waals surface area contributed by atoms with Crippen molar-refractivity contribution in [1.29, 1.82) is 0 Å². The molecule has 1 aromatic carbocycles. The predicted molar refractivity (Wildman–Crippen MR) is 148 cm³/mol. The Morgan fingerprint density at radius 1 is 1.14 bits per heavy atom. The van der Waals surface area contributed by atoms with Gasteiger partial charge in [0.25, 0.3) is 0 Å². The number of pyridine rings is 1. The van der Waals surface area contributed by atoms with Gasteiger partial charge in [-0.1, -0.05) is 25.3 Å². The lowest BCUT2D eigenvalue weighted by Gasteiger charge is -2.29. The molecule has 0 spiro atoms. The maximum atomic E-state index is 13.2. The summed E-state index contributed by atoms with van der Waals surface area (Å²) in [7, 11) is 0. The largest absolute Gasteiger partial charge is 0.352 e. The second-order valence-electron chi connectivity index (χ2n) is 10.1. The molecule has 5 rings (SSSR count). The van der Waals surface area contributed by atoms with Crippen LogP contribution in [-0.2, 0) is 4.79 Å². The van der Waals surface area contributed by atoms with E-state index in [2.05, 4.69) is 45.0 Å². The van der Waals surface area contributed by atoms with E-state index in [0.717, 1.165) is 5.69 Å². The number of anilines is 1. The molecule has 2 aromatic heterocycles. The normalized spacial score (nSPS) is 20.2. The van der Waals surface area contributed by atoms with Crippen LogP contribution in [0.4, 0.5) is 10.1 Å². The van der Waals surface area contributed by atoms with Gasteiger partial charge in [0.2, 0.25) is 5.91 Å². The van der Waals surface area contributed by atoms with E-state index in [0.29, 0.717) is 23.4 Å². The Labute approximate surface area is 223 Å². The summed E-state index contributed by atoms with van der Waals surface area (Å²) in [4.78, 5) is 19.6. The van der Waals surface area contributed by atoms with Crippen LogP contribution in [0.5, 0.6) is 0 Å². The third-order valence-electron chi connectivity index (χ3n) is 7.69. The quantitative estimate of drug-likeness (QED) is 0.367. The van der Waals surface area contributed by atoms with E-state index in [4.69, 9.17) is 12.2 Å². The molecule has 2 atom stereocenters. The highest BCUT2D eigenvalue weighted by Gasteiger charge is 2.41. The van der Waals surface area contributed by atoms with Crippen LogP contribution in [0, 0.1) is 19.7 Å². The van der Waals surface area contributed by atoms with Crippen molar-refractivity contribution < 1.29 is 9.18 Å². The number of amides is 1. The summed E-state index contributed by atoms with van der Waals surface area (Å²) in [6.45, 7) is 4.87. The first-order valence-corrected chi connectivity index (χ1v) is 13.5. The lowest BCUT2D eigenvalue weighted by atomic mass is 9.94. The average Bonchev–Trinajstić information content (AvgIpc) is 3.39. The molecular formula is C29H34FN5OS. The second-order valence-corrected chi connectivity index (χ2v) is 10.5. The first kappa shape index (κ1) is 25.4. The summed E-state index contributed by atoms with van der Waals surface area (Å²) in [5, 5.41) is 6.98. The first-order chi connectivity index (χ1) is 17.9.